The van der Waals surface area contributed by atoms with Crippen LogP contribution in [0.25, 0.3) is 0 Å². The van der Waals surface area contributed by atoms with Gasteiger partial charge in [-0.3, -0.25) is 0 Å². The van der Waals surface area contributed by atoms with Crippen molar-refractivity contribution < 1.29 is 4.74 Å². The molecule has 1 saturated heterocycles. The van der Waals surface area contributed by atoms with Crippen molar-refractivity contribution in [1.29, 1.82) is 0 Å². The summed E-state index contributed by atoms with van der Waals surface area (Å²) < 4.78 is 6.95. The molecule has 0 saturated carbocycles. The van der Waals surface area contributed by atoms with Gasteiger partial charge in [0.15, 0.2) is 0 Å². The molecule has 2 unspecified atom stereocenters. The van der Waals surface area contributed by atoms with E-state index in [1.807, 2.05) is 0 Å². The van der Waals surface area contributed by atoms with E-state index in [0.29, 0.717) is 12.1 Å². The smallest absolute Gasteiger partial charge is 0.0750 e. The number of likely N-dealkylation sites (N-methyl/N-ethyl adjacent to an activating group) is 1. The Morgan fingerprint density at radius 3 is 2.86 bits per heavy atom. The average Bonchev–Trinajstić information content (AvgIpc) is 2.97. The molecule has 1 aromatic carbocycles. The summed E-state index contributed by atoms with van der Waals surface area (Å²) in [6.45, 7) is 10.5. The van der Waals surface area contributed by atoms with E-state index in [2.05, 4.69) is 65.1 Å². The zero-order valence-electron chi connectivity index (χ0n) is 13.4. The molecular weight excluding hydrogens is 328 g/mol. The van der Waals surface area contributed by atoms with Crippen LogP contribution in [0.4, 0.5) is 5.69 Å². The highest BCUT2D eigenvalue weighted by molar-refractivity contribution is 9.10. The highest BCUT2D eigenvalue weighted by Crippen LogP contribution is 2.30. The van der Waals surface area contributed by atoms with E-state index >= 15 is 0 Å². The van der Waals surface area contributed by atoms with Gasteiger partial charge < -0.3 is 15.0 Å². The van der Waals surface area contributed by atoms with Crippen LogP contribution in [0.5, 0.6) is 0 Å². The van der Waals surface area contributed by atoms with E-state index in [-0.39, 0.29) is 0 Å². The molecule has 118 valence electrons. The van der Waals surface area contributed by atoms with Crippen LogP contribution in [0.3, 0.4) is 0 Å². The summed E-state index contributed by atoms with van der Waals surface area (Å²) in [5.74, 6) is 0. The van der Waals surface area contributed by atoms with Crippen LogP contribution < -0.4 is 10.2 Å². The topological polar surface area (TPSA) is 24.5 Å². The van der Waals surface area contributed by atoms with Crippen LogP contribution in [0.15, 0.2) is 22.7 Å². The predicted octanol–water partition coefficient (Wildman–Crippen LogP) is 4.12. The molecule has 1 aliphatic rings. The quantitative estimate of drug-likeness (QED) is 0.796. The first kappa shape index (κ1) is 16.8. The van der Waals surface area contributed by atoms with Gasteiger partial charge in [0, 0.05) is 35.9 Å². The maximum absolute atomic E-state index is 5.82. The number of anilines is 1. The lowest BCUT2D eigenvalue weighted by Gasteiger charge is -2.30. The molecule has 0 radical (unpaired) electrons. The Morgan fingerprint density at radius 1 is 1.43 bits per heavy atom. The summed E-state index contributed by atoms with van der Waals surface area (Å²) in [6, 6.07) is 6.95. The van der Waals surface area contributed by atoms with Gasteiger partial charge in [0.05, 0.1) is 6.10 Å². The summed E-state index contributed by atoms with van der Waals surface area (Å²) in [5.41, 5.74) is 2.68. The van der Waals surface area contributed by atoms with Crippen LogP contribution in [-0.2, 0) is 4.74 Å². The maximum atomic E-state index is 5.82. The maximum Gasteiger partial charge on any atom is 0.0750 e. The molecule has 0 aliphatic carbocycles. The van der Waals surface area contributed by atoms with Crippen molar-refractivity contribution in [1.82, 2.24) is 5.32 Å². The van der Waals surface area contributed by atoms with Gasteiger partial charge in [0.25, 0.3) is 0 Å². The number of nitrogens with one attached hydrogen (secondary N) is 1. The summed E-state index contributed by atoms with van der Waals surface area (Å²) in [7, 11) is 0. The lowest BCUT2D eigenvalue weighted by atomic mass is 10.0. The van der Waals surface area contributed by atoms with Gasteiger partial charge in [-0.1, -0.05) is 28.9 Å². The highest BCUT2D eigenvalue weighted by atomic mass is 79.9. The molecular formula is C17H27BrN2O. The molecule has 21 heavy (non-hydrogen) atoms. The van der Waals surface area contributed by atoms with Gasteiger partial charge in [0.1, 0.15) is 0 Å². The fourth-order valence-electron chi connectivity index (χ4n) is 3.00. The minimum Gasteiger partial charge on any atom is -0.376 e. The first-order valence-corrected chi connectivity index (χ1v) is 8.84. The normalized spacial score (nSPS) is 19.7. The minimum atomic E-state index is 0.358. The third-order valence-corrected chi connectivity index (χ3v) is 4.63. The number of hydrogen-bond donors (Lipinski definition) is 1. The first-order chi connectivity index (χ1) is 10.2. The van der Waals surface area contributed by atoms with Gasteiger partial charge in [-0.2, -0.15) is 0 Å². The second kappa shape index (κ2) is 8.16. The molecule has 2 rings (SSSR count). The van der Waals surface area contributed by atoms with Gasteiger partial charge in [-0.15, -0.1) is 0 Å². The number of hydrogen-bond acceptors (Lipinski definition) is 3. The third kappa shape index (κ3) is 4.44. The number of rotatable bonds is 7. The molecule has 1 aliphatic heterocycles. The van der Waals surface area contributed by atoms with Crippen LogP contribution >= 0.6 is 15.9 Å². The Balaban J connectivity index is 2.22. The van der Waals surface area contributed by atoms with Crippen molar-refractivity contribution in [2.45, 2.75) is 45.8 Å². The second-order valence-corrected chi connectivity index (χ2v) is 6.57. The molecule has 3 nitrogen and oxygen atoms in total. The van der Waals surface area contributed by atoms with E-state index in [0.717, 1.165) is 30.7 Å². The third-order valence-electron chi connectivity index (χ3n) is 4.14. The van der Waals surface area contributed by atoms with Crippen molar-refractivity contribution in [2.75, 3.05) is 31.1 Å². The van der Waals surface area contributed by atoms with Crippen LogP contribution in [0.2, 0.25) is 0 Å². The number of benzene rings is 1. The van der Waals surface area contributed by atoms with Gasteiger partial charge in [-0.25, -0.2) is 0 Å². The van der Waals surface area contributed by atoms with Crippen LogP contribution in [0, 0.1) is 0 Å². The molecule has 0 spiro atoms. The summed E-state index contributed by atoms with van der Waals surface area (Å²) in [5, 5.41) is 3.52. The molecule has 1 heterocycles. The number of nitrogens with zero attached hydrogens (tertiary/aromatic N) is 1. The van der Waals surface area contributed by atoms with Gasteiger partial charge in [0.2, 0.25) is 0 Å². The molecule has 0 bridgehead atoms. The van der Waals surface area contributed by atoms with Gasteiger partial charge >= 0.3 is 0 Å². The molecule has 4 heteroatoms. The molecule has 1 aromatic rings. The summed E-state index contributed by atoms with van der Waals surface area (Å²) >= 11 is 3.62. The van der Waals surface area contributed by atoms with Crippen molar-refractivity contribution in [2.24, 2.45) is 0 Å². The molecule has 0 aromatic heterocycles. The van der Waals surface area contributed by atoms with Crippen molar-refractivity contribution in [3.05, 3.63) is 28.2 Å². The van der Waals surface area contributed by atoms with Crippen molar-refractivity contribution in [3.8, 4) is 0 Å². The zero-order valence-corrected chi connectivity index (χ0v) is 14.9. The molecule has 0 amide bonds. The summed E-state index contributed by atoms with van der Waals surface area (Å²) in [6.07, 6.45) is 2.76. The van der Waals surface area contributed by atoms with E-state index in [9.17, 15) is 0 Å². The number of halogens is 1. The van der Waals surface area contributed by atoms with Crippen molar-refractivity contribution in [3.63, 3.8) is 0 Å². The lowest BCUT2D eigenvalue weighted by molar-refractivity contribution is 0.115. The van der Waals surface area contributed by atoms with Crippen LogP contribution in [0.1, 0.15) is 45.2 Å². The molecule has 1 fully saturated rings. The zero-order chi connectivity index (χ0) is 15.2. The number of ether oxygens (including phenoxy) is 1. The Labute approximate surface area is 137 Å². The van der Waals surface area contributed by atoms with Gasteiger partial charge in [-0.05, 0) is 50.9 Å². The van der Waals surface area contributed by atoms with E-state index in [1.54, 1.807) is 0 Å². The minimum absolute atomic E-state index is 0.358. The second-order valence-electron chi connectivity index (χ2n) is 5.66. The van der Waals surface area contributed by atoms with E-state index in [4.69, 9.17) is 4.74 Å². The average molecular weight is 355 g/mol. The molecule has 2 atom stereocenters. The highest BCUT2D eigenvalue weighted by Gasteiger charge is 2.21. The first-order valence-electron chi connectivity index (χ1n) is 8.05. The monoisotopic (exact) mass is 354 g/mol. The van der Waals surface area contributed by atoms with E-state index < -0.39 is 0 Å². The predicted molar refractivity (Wildman–Crippen MR) is 93.1 cm³/mol. The molecule has 1 N–H and O–H groups in total. The standard InChI is InChI=1S/C17H27BrN2O/c1-4-19-13(3)16-9-8-14(18)11-17(16)20(5-2)12-15-7-6-10-21-15/h8-9,11,13,15,19H,4-7,10,12H2,1-3H3. The fourth-order valence-corrected chi connectivity index (χ4v) is 3.35. The van der Waals surface area contributed by atoms with Crippen molar-refractivity contribution >= 4 is 21.6 Å². The summed E-state index contributed by atoms with van der Waals surface area (Å²) in [4.78, 5) is 2.45. The fraction of sp³-hybridized carbons (Fsp3) is 0.647. The van der Waals surface area contributed by atoms with E-state index in [1.165, 1.54) is 24.1 Å². The lowest BCUT2D eigenvalue weighted by Crippen LogP contribution is -2.33. The van der Waals surface area contributed by atoms with Crippen LogP contribution in [-0.4, -0.2) is 32.3 Å². The SMILES string of the molecule is CCNC(C)c1ccc(Br)cc1N(CC)CC1CCCO1. The Kier molecular flexibility index (Phi) is 6.52. The Morgan fingerprint density at radius 2 is 2.24 bits per heavy atom. The Hall–Kier alpha value is -0.580. The largest absolute Gasteiger partial charge is 0.376 e. The Bertz CT molecular complexity index is 446.